The zero-order valence-corrected chi connectivity index (χ0v) is 15.4. The molecule has 3 rings (SSSR count). The van der Waals surface area contributed by atoms with Crippen LogP contribution in [0.2, 0.25) is 0 Å². The first kappa shape index (κ1) is 17.4. The topological polar surface area (TPSA) is 73.3 Å². The van der Waals surface area contributed by atoms with Crippen molar-refractivity contribution in [1.82, 2.24) is 9.97 Å². The molecule has 3 aromatic rings. The molecule has 1 N–H and O–H groups in total. The van der Waals surface area contributed by atoms with Crippen molar-refractivity contribution in [2.75, 3.05) is 19.0 Å². The lowest BCUT2D eigenvalue weighted by Crippen LogP contribution is -2.13. The van der Waals surface area contributed by atoms with Crippen molar-refractivity contribution in [2.45, 2.75) is 13.3 Å². The minimum atomic E-state index is -0.280. The summed E-state index contributed by atoms with van der Waals surface area (Å²) >= 11 is 3.03. The molecular weight excluding hydrogens is 358 g/mol. The van der Waals surface area contributed by atoms with Gasteiger partial charge in [-0.05, 0) is 29.3 Å². The van der Waals surface area contributed by atoms with Crippen molar-refractivity contribution in [2.24, 2.45) is 0 Å². The normalized spacial score (nSPS) is 10.5. The van der Waals surface area contributed by atoms with Crippen LogP contribution in [0.15, 0.2) is 34.3 Å². The lowest BCUT2D eigenvalue weighted by Gasteiger charge is -2.09. The highest BCUT2D eigenvalue weighted by Crippen LogP contribution is 2.21. The number of aryl methyl sites for hydroxylation is 1. The lowest BCUT2D eigenvalue weighted by atomic mass is 10.2. The molecule has 0 aliphatic carbocycles. The Morgan fingerprint density at radius 3 is 2.76 bits per heavy atom. The molecule has 0 aliphatic heterocycles. The second kappa shape index (κ2) is 8.09. The van der Waals surface area contributed by atoms with E-state index in [9.17, 15) is 4.79 Å². The molecule has 0 aromatic carbocycles. The molecule has 0 fully saturated rings. The van der Waals surface area contributed by atoms with E-state index in [4.69, 9.17) is 9.47 Å². The highest BCUT2D eigenvalue weighted by atomic mass is 32.1. The van der Waals surface area contributed by atoms with E-state index < -0.39 is 0 Å². The quantitative estimate of drug-likeness (QED) is 0.680. The number of carbonyl (C=O) groups excluding carboxylic acids is 1. The molecule has 0 unspecified atom stereocenters. The predicted octanol–water partition coefficient (Wildman–Crippen LogP) is 3.79. The van der Waals surface area contributed by atoms with Crippen molar-refractivity contribution in [3.05, 3.63) is 51.2 Å². The maximum atomic E-state index is 12.4. The number of carbonyl (C=O) groups is 1. The Kier molecular flexibility index (Phi) is 5.62. The van der Waals surface area contributed by atoms with Gasteiger partial charge in [0, 0.05) is 23.9 Å². The van der Waals surface area contributed by atoms with Crippen LogP contribution in [0, 0.1) is 6.92 Å². The van der Waals surface area contributed by atoms with Crippen LogP contribution in [-0.4, -0.2) is 29.6 Å². The fourth-order valence-corrected chi connectivity index (χ4v) is 3.47. The first-order valence-electron chi connectivity index (χ1n) is 7.57. The monoisotopic (exact) mass is 375 g/mol. The van der Waals surface area contributed by atoms with Gasteiger partial charge in [0.05, 0.1) is 25.0 Å². The summed E-state index contributed by atoms with van der Waals surface area (Å²) in [5.41, 5.74) is 2.49. The largest absolute Gasteiger partial charge is 0.481 e. The van der Waals surface area contributed by atoms with Gasteiger partial charge >= 0.3 is 0 Å². The van der Waals surface area contributed by atoms with E-state index in [2.05, 4.69) is 26.7 Å². The molecule has 0 saturated carbocycles. The van der Waals surface area contributed by atoms with Gasteiger partial charge in [0.1, 0.15) is 0 Å². The van der Waals surface area contributed by atoms with Gasteiger partial charge in [-0.2, -0.15) is 16.3 Å². The molecule has 1 amide bonds. The third-order valence-electron chi connectivity index (χ3n) is 3.31. The highest BCUT2D eigenvalue weighted by Gasteiger charge is 2.13. The summed E-state index contributed by atoms with van der Waals surface area (Å²) in [6.45, 7) is 2.35. The van der Waals surface area contributed by atoms with Crippen LogP contribution in [0.25, 0.3) is 0 Å². The van der Waals surface area contributed by atoms with Crippen LogP contribution in [0.3, 0.4) is 0 Å². The van der Waals surface area contributed by atoms with Crippen molar-refractivity contribution in [3.8, 4) is 11.8 Å². The van der Waals surface area contributed by atoms with Crippen LogP contribution in [0.5, 0.6) is 11.8 Å². The zero-order valence-electron chi connectivity index (χ0n) is 13.8. The van der Waals surface area contributed by atoms with Crippen molar-refractivity contribution in [3.63, 3.8) is 0 Å². The molecule has 0 aliphatic rings. The van der Waals surface area contributed by atoms with E-state index in [-0.39, 0.29) is 5.91 Å². The number of amides is 1. The average Bonchev–Trinajstić information content (AvgIpc) is 3.26. The van der Waals surface area contributed by atoms with Crippen LogP contribution in [0.1, 0.15) is 21.6 Å². The standard InChI is InChI=1S/C17H17N3O3S2/c1-11-9-25-17(18-11)20-16(21)13-7-14(22-2)19-15(8-13)23-5-3-12-4-6-24-10-12/h4,6-10H,3,5H2,1-2H3,(H,18,20,21). The number of ether oxygens (including phenoxy) is 2. The van der Waals surface area contributed by atoms with Gasteiger partial charge in [-0.15, -0.1) is 11.3 Å². The second-order valence-electron chi connectivity index (χ2n) is 5.21. The molecule has 0 atom stereocenters. The lowest BCUT2D eigenvalue weighted by molar-refractivity contribution is 0.102. The fourth-order valence-electron chi connectivity index (χ4n) is 2.08. The number of nitrogens with one attached hydrogen (secondary N) is 1. The van der Waals surface area contributed by atoms with Crippen molar-refractivity contribution < 1.29 is 14.3 Å². The van der Waals surface area contributed by atoms with E-state index >= 15 is 0 Å². The summed E-state index contributed by atoms with van der Waals surface area (Å²) in [6, 6.07) is 5.23. The number of hydrogen-bond acceptors (Lipinski definition) is 7. The number of aromatic nitrogens is 2. The predicted molar refractivity (Wildman–Crippen MR) is 99.1 cm³/mol. The minimum Gasteiger partial charge on any atom is -0.481 e. The molecule has 130 valence electrons. The average molecular weight is 375 g/mol. The number of hydrogen-bond donors (Lipinski definition) is 1. The molecule has 0 radical (unpaired) electrons. The summed E-state index contributed by atoms with van der Waals surface area (Å²) in [4.78, 5) is 20.9. The fraction of sp³-hybridized carbons (Fsp3) is 0.235. The molecule has 8 heteroatoms. The van der Waals surface area contributed by atoms with Crippen molar-refractivity contribution >= 4 is 33.7 Å². The summed E-state index contributed by atoms with van der Waals surface area (Å²) in [5.74, 6) is 0.404. The summed E-state index contributed by atoms with van der Waals surface area (Å²) in [6.07, 6.45) is 0.780. The Labute approximate surface area is 153 Å². The number of rotatable bonds is 7. The molecule has 25 heavy (non-hydrogen) atoms. The van der Waals surface area contributed by atoms with Crippen LogP contribution in [0.4, 0.5) is 5.13 Å². The highest BCUT2D eigenvalue weighted by molar-refractivity contribution is 7.14. The van der Waals surface area contributed by atoms with E-state index in [1.54, 1.807) is 23.5 Å². The van der Waals surface area contributed by atoms with Gasteiger partial charge in [-0.3, -0.25) is 10.1 Å². The van der Waals surface area contributed by atoms with E-state index in [0.717, 1.165) is 12.1 Å². The zero-order chi connectivity index (χ0) is 17.6. The number of anilines is 1. The Balaban J connectivity index is 1.69. The number of thiazole rings is 1. The van der Waals surface area contributed by atoms with Crippen LogP contribution >= 0.6 is 22.7 Å². The van der Waals surface area contributed by atoms with Gasteiger partial charge in [0.2, 0.25) is 11.8 Å². The molecule has 0 spiro atoms. The third kappa shape index (κ3) is 4.77. The summed E-state index contributed by atoms with van der Waals surface area (Å²) in [5, 5.41) is 9.31. The SMILES string of the molecule is COc1cc(C(=O)Nc2nc(C)cs2)cc(OCCc2ccsc2)n1. The van der Waals surface area contributed by atoms with Gasteiger partial charge in [-0.25, -0.2) is 4.98 Å². The number of nitrogens with zero attached hydrogens (tertiary/aromatic N) is 2. The Hall–Kier alpha value is -2.45. The van der Waals surface area contributed by atoms with Crippen LogP contribution < -0.4 is 14.8 Å². The number of thiophene rings is 1. The minimum absolute atomic E-state index is 0.280. The molecule has 3 heterocycles. The molecule has 3 aromatic heterocycles. The van der Waals surface area contributed by atoms with Gasteiger partial charge < -0.3 is 9.47 Å². The Bertz CT molecular complexity index is 847. The maximum Gasteiger partial charge on any atom is 0.257 e. The van der Waals surface area contributed by atoms with Gasteiger partial charge in [-0.1, -0.05) is 0 Å². The third-order valence-corrected chi connectivity index (χ3v) is 4.92. The van der Waals surface area contributed by atoms with Crippen LogP contribution in [-0.2, 0) is 6.42 Å². The molecule has 6 nitrogen and oxygen atoms in total. The Morgan fingerprint density at radius 2 is 2.08 bits per heavy atom. The first-order valence-corrected chi connectivity index (χ1v) is 9.40. The van der Waals surface area contributed by atoms with E-state index in [1.807, 2.05) is 17.7 Å². The first-order chi connectivity index (χ1) is 12.1. The molecular formula is C17H17N3O3S2. The van der Waals surface area contributed by atoms with Crippen molar-refractivity contribution in [1.29, 1.82) is 0 Å². The summed E-state index contributed by atoms with van der Waals surface area (Å²) in [7, 11) is 1.50. The summed E-state index contributed by atoms with van der Waals surface area (Å²) < 4.78 is 10.9. The smallest absolute Gasteiger partial charge is 0.257 e. The van der Waals surface area contributed by atoms with Gasteiger partial charge in [0.15, 0.2) is 5.13 Å². The maximum absolute atomic E-state index is 12.4. The number of pyridine rings is 1. The Morgan fingerprint density at radius 1 is 1.24 bits per heavy atom. The van der Waals surface area contributed by atoms with Gasteiger partial charge in [0.25, 0.3) is 5.91 Å². The molecule has 0 saturated heterocycles. The molecule has 0 bridgehead atoms. The van der Waals surface area contributed by atoms with E-state index in [1.165, 1.54) is 24.0 Å². The van der Waals surface area contributed by atoms with E-state index in [0.29, 0.717) is 29.1 Å². The number of methoxy groups -OCH3 is 1. The second-order valence-corrected chi connectivity index (χ2v) is 6.85.